The Balaban J connectivity index is 2.27. The van der Waals surface area contributed by atoms with Gasteiger partial charge in [0.2, 0.25) is 0 Å². The zero-order valence-corrected chi connectivity index (χ0v) is 11.9. The summed E-state index contributed by atoms with van der Waals surface area (Å²) in [6.45, 7) is 8.31. The van der Waals surface area contributed by atoms with Crippen molar-refractivity contribution in [3.63, 3.8) is 0 Å². The first kappa shape index (κ1) is 15.0. The minimum atomic E-state index is -0.269. The number of nitrogens with zero attached hydrogens (tertiary/aromatic N) is 1. The van der Waals surface area contributed by atoms with E-state index in [0.29, 0.717) is 13.2 Å². The van der Waals surface area contributed by atoms with Crippen molar-refractivity contribution in [2.75, 3.05) is 26.7 Å². The predicted octanol–water partition coefficient (Wildman–Crippen LogP) is 2.38. The third-order valence-electron chi connectivity index (χ3n) is 2.86. The van der Waals surface area contributed by atoms with Crippen LogP contribution in [0.15, 0.2) is 18.2 Å². The number of aliphatic hydroxyl groups excluding tert-OH is 1. The van der Waals surface area contributed by atoms with Gasteiger partial charge in [0.15, 0.2) is 0 Å². The van der Waals surface area contributed by atoms with Gasteiger partial charge in [-0.2, -0.15) is 0 Å². The summed E-state index contributed by atoms with van der Waals surface area (Å²) in [7, 11) is 2.02. The van der Waals surface area contributed by atoms with Crippen molar-refractivity contribution in [2.45, 2.75) is 33.3 Å². The maximum absolute atomic E-state index is 9.25. The fraction of sp³-hybridized carbons (Fsp3) is 0.600. The Hall–Kier alpha value is -1.06. The lowest BCUT2D eigenvalue weighted by atomic mass is 10.1. The summed E-state index contributed by atoms with van der Waals surface area (Å²) in [5.74, 6) is 0.980. The fourth-order valence-electron chi connectivity index (χ4n) is 1.92. The highest BCUT2D eigenvalue weighted by molar-refractivity contribution is 5.35. The molecule has 1 aromatic rings. The second-order valence-corrected chi connectivity index (χ2v) is 5.08. The summed E-state index contributed by atoms with van der Waals surface area (Å²) < 4.78 is 5.78. The maximum atomic E-state index is 9.25. The second-order valence-electron chi connectivity index (χ2n) is 5.08. The van der Waals surface area contributed by atoms with Gasteiger partial charge in [-0.05, 0) is 51.4 Å². The molecular weight excluding hydrogens is 226 g/mol. The monoisotopic (exact) mass is 251 g/mol. The van der Waals surface area contributed by atoms with Gasteiger partial charge in [-0.25, -0.2) is 0 Å². The van der Waals surface area contributed by atoms with E-state index in [1.165, 1.54) is 11.1 Å². The topological polar surface area (TPSA) is 32.7 Å². The van der Waals surface area contributed by atoms with Crippen molar-refractivity contribution in [3.05, 3.63) is 29.3 Å². The summed E-state index contributed by atoms with van der Waals surface area (Å²) in [5.41, 5.74) is 2.40. The van der Waals surface area contributed by atoms with Crippen molar-refractivity contribution < 1.29 is 9.84 Å². The highest BCUT2D eigenvalue weighted by atomic mass is 16.5. The van der Waals surface area contributed by atoms with Crippen LogP contribution < -0.4 is 4.74 Å². The van der Waals surface area contributed by atoms with Gasteiger partial charge in [0.1, 0.15) is 5.75 Å². The quantitative estimate of drug-likeness (QED) is 0.755. The van der Waals surface area contributed by atoms with Crippen molar-refractivity contribution in [1.82, 2.24) is 4.90 Å². The Kier molecular flexibility index (Phi) is 6.16. The first-order chi connectivity index (χ1) is 8.49. The molecule has 1 aromatic carbocycles. The van der Waals surface area contributed by atoms with E-state index in [1.807, 2.05) is 14.0 Å². The molecule has 0 aliphatic carbocycles. The molecule has 0 aliphatic rings. The molecule has 0 aliphatic heterocycles. The number of rotatable bonds is 7. The average Bonchev–Trinajstić information content (AvgIpc) is 2.28. The molecule has 0 amide bonds. The molecule has 3 nitrogen and oxygen atoms in total. The lowest BCUT2D eigenvalue weighted by Gasteiger charge is -2.18. The van der Waals surface area contributed by atoms with E-state index in [0.717, 1.165) is 18.7 Å². The minimum Gasteiger partial charge on any atom is -0.493 e. The van der Waals surface area contributed by atoms with Gasteiger partial charge in [0.05, 0.1) is 12.7 Å². The molecule has 1 N–H and O–H groups in total. The van der Waals surface area contributed by atoms with Gasteiger partial charge in [-0.3, -0.25) is 0 Å². The fourth-order valence-corrected chi connectivity index (χ4v) is 1.92. The van der Waals surface area contributed by atoms with Crippen LogP contribution in [0.5, 0.6) is 5.75 Å². The van der Waals surface area contributed by atoms with E-state index in [1.54, 1.807) is 0 Å². The Labute approximate surface area is 110 Å². The van der Waals surface area contributed by atoms with Crippen LogP contribution in [0.3, 0.4) is 0 Å². The molecular formula is C15H25NO2. The molecule has 1 atom stereocenters. The summed E-state index contributed by atoms with van der Waals surface area (Å²) in [4.78, 5) is 2.12. The summed E-state index contributed by atoms with van der Waals surface area (Å²) in [6, 6.07) is 6.26. The van der Waals surface area contributed by atoms with Crippen LogP contribution in [0.4, 0.5) is 0 Å². The molecule has 0 radical (unpaired) electrons. The van der Waals surface area contributed by atoms with E-state index in [4.69, 9.17) is 4.74 Å². The van der Waals surface area contributed by atoms with Gasteiger partial charge < -0.3 is 14.7 Å². The third-order valence-corrected chi connectivity index (χ3v) is 2.86. The molecule has 0 bridgehead atoms. The lowest BCUT2D eigenvalue weighted by molar-refractivity contribution is 0.137. The van der Waals surface area contributed by atoms with Gasteiger partial charge in [-0.1, -0.05) is 12.1 Å². The van der Waals surface area contributed by atoms with Gasteiger partial charge >= 0.3 is 0 Å². The second kappa shape index (κ2) is 7.39. The van der Waals surface area contributed by atoms with Crippen LogP contribution in [0, 0.1) is 13.8 Å². The predicted molar refractivity (Wildman–Crippen MR) is 75.2 cm³/mol. The number of hydrogen-bond acceptors (Lipinski definition) is 3. The molecule has 0 heterocycles. The first-order valence-corrected chi connectivity index (χ1v) is 6.55. The maximum Gasteiger partial charge on any atom is 0.122 e. The summed E-state index contributed by atoms with van der Waals surface area (Å²) in [5, 5.41) is 9.25. The molecule has 102 valence electrons. The van der Waals surface area contributed by atoms with Crippen LogP contribution in [0.2, 0.25) is 0 Å². The van der Waals surface area contributed by atoms with Crippen LogP contribution in [-0.2, 0) is 0 Å². The Morgan fingerprint density at radius 3 is 2.72 bits per heavy atom. The zero-order chi connectivity index (χ0) is 13.5. The normalized spacial score (nSPS) is 12.8. The van der Waals surface area contributed by atoms with Gasteiger partial charge in [-0.15, -0.1) is 0 Å². The Morgan fingerprint density at radius 2 is 2.06 bits per heavy atom. The Bertz CT molecular complexity index is 364. The number of likely N-dealkylation sites (N-methyl/N-ethyl adjacent to an activating group) is 1. The first-order valence-electron chi connectivity index (χ1n) is 6.55. The van der Waals surface area contributed by atoms with E-state index in [-0.39, 0.29) is 6.10 Å². The van der Waals surface area contributed by atoms with Crippen molar-refractivity contribution in [1.29, 1.82) is 0 Å². The van der Waals surface area contributed by atoms with E-state index >= 15 is 0 Å². The van der Waals surface area contributed by atoms with Crippen LogP contribution in [0.1, 0.15) is 24.5 Å². The van der Waals surface area contributed by atoms with Crippen molar-refractivity contribution in [3.8, 4) is 5.75 Å². The number of hydrogen-bond donors (Lipinski definition) is 1. The van der Waals surface area contributed by atoms with Crippen LogP contribution >= 0.6 is 0 Å². The standard InChI is InChI=1S/C15H25NO2/c1-12-6-7-13(2)15(10-12)18-9-5-8-16(4)11-14(3)17/h6-7,10,14,17H,5,8-9,11H2,1-4H3. The largest absolute Gasteiger partial charge is 0.493 e. The van der Waals surface area contributed by atoms with Crippen molar-refractivity contribution >= 4 is 0 Å². The molecule has 1 unspecified atom stereocenters. The SMILES string of the molecule is Cc1ccc(C)c(OCCCN(C)CC(C)O)c1. The number of benzene rings is 1. The molecule has 0 fully saturated rings. The van der Waals surface area contributed by atoms with Gasteiger partial charge in [0.25, 0.3) is 0 Å². The minimum absolute atomic E-state index is 0.269. The number of aryl methyl sites for hydroxylation is 2. The summed E-state index contributed by atoms with van der Waals surface area (Å²) in [6.07, 6.45) is 0.700. The van der Waals surface area contributed by atoms with Crippen LogP contribution in [0.25, 0.3) is 0 Å². The van der Waals surface area contributed by atoms with E-state index in [2.05, 4.69) is 36.9 Å². The molecule has 0 saturated carbocycles. The molecule has 3 heteroatoms. The molecule has 18 heavy (non-hydrogen) atoms. The highest BCUT2D eigenvalue weighted by Gasteiger charge is 2.03. The molecule has 1 rings (SSSR count). The summed E-state index contributed by atoms with van der Waals surface area (Å²) >= 11 is 0. The number of ether oxygens (including phenoxy) is 1. The van der Waals surface area contributed by atoms with E-state index < -0.39 is 0 Å². The van der Waals surface area contributed by atoms with Crippen LogP contribution in [-0.4, -0.2) is 42.9 Å². The number of aliphatic hydroxyl groups is 1. The molecule has 0 spiro atoms. The molecule has 0 saturated heterocycles. The van der Waals surface area contributed by atoms with Crippen molar-refractivity contribution in [2.24, 2.45) is 0 Å². The lowest BCUT2D eigenvalue weighted by Crippen LogP contribution is -2.28. The smallest absolute Gasteiger partial charge is 0.122 e. The Morgan fingerprint density at radius 1 is 1.33 bits per heavy atom. The van der Waals surface area contributed by atoms with Gasteiger partial charge in [0, 0.05) is 13.1 Å². The third kappa shape index (κ3) is 5.52. The van der Waals surface area contributed by atoms with E-state index in [9.17, 15) is 5.11 Å². The average molecular weight is 251 g/mol. The zero-order valence-electron chi connectivity index (χ0n) is 11.9. The molecule has 0 aromatic heterocycles. The highest BCUT2D eigenvalue weighted by Crippen LogP contribution is 2.19.